The number of aromatic nitrogens is 2. The molecule has 1 aliphatic rings. The summed E-state index contributed by atoms with van der Waals surface area (Å²) < 4.78 is 81.9. The van der Waals surface area contributed by atoms with Crippen molar-refractivity contribution in [2.24, 2.45) is 0 Å². The van der Waals surface area contributed by atoms with Crippen molar-refractivity contribution in [3.63, 3.8) is 0 Å². The number of ether oxygens (including phenoxy) is 2. The maximum Gasteiger partial charge on any atom is 0.418 e. The molecular formula is C30H29ClF5N3O4S. The molecule has 44 heavy (non-hydrogen) atoms. The van der Waals surface area contributed by atoms with E-state index in [4.69, 9.17) is 21.1 Å². The largest absolute Gasteiger partial charge is 0.466 e. The molecule has 1 aliphatic heterocycles. The first-order valence-electron chi connectivity index (χ1n) is 13.6. The number of fused-ring (bicyclic) bond motifs is 1. The number of alkyl halides is 4. The van der Waals surface area contributed by atoms with E-state index in [1.165, 1.54) is 6.92 Å². The normalized spacial score (nSPS) is 15.5. The third-order valence-corrected chi connectivity index (χ3v) is 8.27. The van der Waals surface area contributed by atoms with Gasteiger partial charge in [0.15, 0.2) is 5.16 Å². The SMILES string of the molecule is COC(=O)C1=C(CF)NC(C)=C(C(=O)OCCCCCCSc2nc3ccccc3[nH]2)C1c1c(F)ccc(Cl)c1C(F)(F)F. The van der Waals surface area contributed by atoms with Crippen LogP contribution in [0.15, 0.2) is 64.1 Å². The molecule has 0 spiro atoms. The molecule has 0 bridgehead atoms. The third kappa shape index (κ3) is 7.37. The summed E-state index contributed by atoms with van der Waals surface area (Å²) in [5.74, 6) is -4.93. The van der Waals surface area contributed by atoms with Crippen LogP contribution >= 0.6 is 23.4 Å². The Morgan fingerprint density at radius 3 is 2.45 bits per heavy atom. The molecule has 1 atom stereocenters. The molecule has 0 amide bonds. The van der Waals surface area contributed by atoms with Gasteiger partial charge in [-0.2, -0.15) is 13.2 Å². The van der Waals surface area contributed by atoms with Crippen molar-refractivity contribution in [2.75, 3.05) is 26.1 Å². The molecule has 0 fully saturated rings. The predicted octanol–water partition coefficient (Wildman–Crippen LogP) is 7.63. The molecule has 2 N–H and O–H groups in total. The molecule has 1 unspecified atom stereocenters. The fraction of sp³-hybridized carbons (Fsp3) is 0.367. The van der Waals surface area contributed by atoms with Gasteiger partial charge in [-0.15, -0.1) is 0 Å². The van der Waals surface area contributed by atoms with Gasteiger partial charge in [0, 0.05) is 17.0 Å². The summed E-state index contributed by atoms with van der Waals surface area (Å²) in [5, 5.41) is 2.50. The fourth-order valence-electron chi connectivity index (χ4n) is 5.02. The van der Waals surface area contributed by atoms with E-state index < -0.39 is 69.5 Å². The van der Waals surface area contributed by atoms with Gasteiger partial charge in [0.05, 0.1) is 58.1 Å². The van der Waals surface area contributed by atoms with Crippen molar-refractivity contribution in [1.82, 2.24) is 15.3 Å². The van der Waals surface area contributed by atoms with Crippen LogP contribution in [0.3, 0.4) is 0 Å². The van der Waals surface area contributed by atoms with E-state index in [-0.39, 0.29) is 12.3 Å². The van der Waals surface area contributed by atoms with Gasteiger partial charge in [-0.25, -0.2) is 23.4 Å². The van der Waals surface area contributed by atoms with Gasteiger partial charge in [0.2, 0.25) is 0 Å². The van der Waals surface area contributed by atoms with E-state index in [2.05, 4.69) is 15.3 Å². The summed E-state index contributed by atoms with van der Waals surface area (Å²) in [6.07, 6.45) is -2.37. The average Bonchev–Trinajstić information content (AvgIpc) is 3.40. The molecular weight excluding hydrogens is 629 g/mol. The van der Waals surface area contributed by atoms with Crippen molar-refractivity contribution in [2.45, 2.75) is 49.9 Å². The van der Waals surface area contributed by atoms with Crippen LogP contribution in [0, 0.1) is 5.82 Å². The first-order chi connectivity index (χ1) is 21.0. The summed E-state index contributed by atoms with van der Waals surface area (Å²) >= 11 is 7.45. The van der Waals surface area contributed by atoms with Crippen LogP contribution in [0.1, 0.15) is 49.7 Å². The Bertz CT molecular complexity index is 1570. The Morgan fingerprint density at radius 1 is 1.05 bits per heavy atom. The molecule has 14 heteroatoms. The maximum absolute atomic E-state index is 15.3. The van der Waals surface area contributed by atoms with Gasteiger partial charge in [0.25, 0.3) is 0 Å². The zero-order valence-electron chi connectivity index (χ0n) is 23.7. The van der Waals surface area contributed by atoms with Crippen molar-refractivity contribution in [1.29, 1.82) is 0 Å². The molecule has 0 saturated carbocycles. The highest BCUT2D eigenvalue weighted by atomic mass is 35.5. The van der Waals surface area contributed by atoms with E-state index in [1.54, 1.807) is 11.8 Å². The lowest BCUT2D eigenvalue weighted by Gasteiger charge is -2.32. The van der Waals surface area contributed by atoms with Crippen LogP contribution in [0.4, 0.5) is 22.0 Å². The van der Waals surface area contributed by atoms with Crippen molar-refractivity contribution in [3.8, 4) is 0 Å². The van der Waals surface area contributed by atoms with Crippen LogP contribution < -0.4 is 5.32 Å². The van der Waals surface area contributed by atoms with Gasteiger partial charge in [-0.05, 0) is 44.0 Å². The molecule has 0 radical (unpaired) electrons. The monoisotopic (exact) mass is 657 g/mol. The Hall–Kier alpha value is -3.58. The second-order valence-corrected chi connectivity index (χ2v) is 11.4. The Labute approximate surface area is 259 Å². The number of unbranched alkanes of at least 4 members (excludes halogenated alkanes) is 3. The number of aromatic amines is 1. The number of imidazole rings is 1. The Morgan fingerprint density at radius 2 is 1.77 bits per heavy atom. The number of allylic oxidation sites excluding steroid dienone is 2. The number of methoxy groups -OCH3 is 1. The van der Waals surface area contributed by atoms with Crippen molar-refractivity contribution in [3.05, 3.63) is 80.9 Å². The van der Waals surface area contributed by atoms with Gasteiger partial charge in [-0.3, -0.25) is 0 Å². The first kappa shape index (κ1) is 33.3. The minimum Gasteiger partial charge on any atom is -0.466 e. The molecule has 7 nitrogen and oxygen atoms in total. The van der Waals surface area contributed by atoms with Gasteiger partial charge >= 0.3 is 18.1 Å². The molecule has 2 aromatic carbocycles. The van der Waals surface area contributed by atoms with Crippen LogP contribution in [-0.4, -0.2) is 48.1 Å². The van der Waals surface area contributed by atoms with E-state index >= 15 is 4.39 Å². The van der Waals surface area contributed by atoms with Crippen LogP contribution in [0.25, 0.3) is 11.0 Å². The maximum atomic E-state index is 15.3. The summed E-state index contributed by atoms with van der Waals surface area (Å²) in [6.45, 7) is -0.127. The summed E-state index contributed by atoms with van der Waals surface area (Å²) in [5.41, 5.74) is -2.60. The van der Waals surface area contributed by atoms with E-state index in [0.717, 1.165) is 41.9 Å². The quantitative estimate of drug-likeness (QED) is 0.0896. The van der Waals surface area contributed by atoms with E-state index in [1.807, 2.05) is 24.3 Å². The second kappa shape index (κ2) is 14.5. The number of dihydropyridines is 1. The van der Waals surface area contributed by atoms with Crippen molar-refractivity contribution >= 4 is 46.3 Å². The number of H-pyrrole nitrogens is 1. The zero-order chi connectivity index (χ0) is 32.0. The molecule has 0 saturated heterocycles. The average molecular weight is 658 g/mol. The number of esters is 2. The van der Waals surface area contributed by atoms with Gasteiger partial charge in [-0.1, -0.05) is 48.3 Å². The molecule has 236 valence electrons. The highest BCUT2D eigenvalue weighted by Crippen LogP contribution is 2.48. The first-order valence-corrected chi connectivity index (χ1v) is 15.0. The van der Waals surface area contributed by atoms with Crippen LogP contribution in [-0.2, 0) is 25.2 Å². The number of rotatable bonds is 12. The molecule has 4 rings (SSSR count). The minimum atomic E-state index is -5.18. The van der Waals surface area contributed by atoms with Crippen molar-refractivity contribution < 1.29 is 41.0 Å². The Balaban J connectivity index is 1.45. The number of hydrogen-bond donors (Lipinski definition) is 2. The van der Waals surface area contributed by atoms with Crippen LogP contribution in [0.2, 0.25) is 5.02 Å². The highest BCUT2D eigenvalue weighted by molar-refractivity contribution is 7.99. The van der Waals surface area contributed by atoms with Crippen LogP contribution in [0.5, 0.6) is 0 Å². The topological polar surface area (TPSA) is 93.3 Å². The lowest BCUT2D eigenvalue weighted by atomic mass is 9.78. The fourth-order valence-corrected chi connectivity index (χ4v) is 6.18. The van der Waals surface area contributed by atoms with E-state index in [0.29, 0.717) is 25.0 Å². The summed E-state index contributed by atoms with van der Waals surface area (Å²) in [7, 11) is 0.930. The number of benzene rings is 2. The lowest BCUT2D eigenvalue weighted by Crippen LogP contribution is -2.35. The number of thioether (sulfide) groups is 1. The number of carbonyl (C=O) groups is 2. The number of para-hydroxylation sites is 2. The third-order valence-electron chi connectivity index (χ3n) is 7.00. The second-order valence-electron chi connectivity index (χ2n) is 9.89. The van der Waals surface area contributed by atoms with Gasteiger partial charge in [0.1, 0.15) is 12.5 Å². The summed E-state index contributed by atoms with van der Waals surface area (Å²) in [4.78, 5) is 33.9. The predicted molar refractivity (Wildman–Crippen MR) is 156 cm³/mol. The Kier molecular flexibility index (Phi) is 11.0. The lowest BCUT2D eigenvalue weighted by molar-refractivity contribution is -0.141. The number of nitrogens with zero attached hydrogens (tertiary/aromatic N) is 1. The van der Waals surface area contributed by atoms with Gasteiger partial charge < -0.3 is 19.8 Å². The number of halogens is 6. The summed E-state index contributed by atoms with van der Waals surface area (Å²) in [6, 6.07) is 9.11. The standard InChI is InChI=1S/C30H29ClF5N3O4S/c1-16-22(28(41)43-13-7-3-4-8-14-44-29-38-19-9-5-6-10-20(19)39-29)25(24(27(40)42-2)21(15-32)37-16)23-18(33)12-11-17(31)26(23)30(34,35)36/h5-6,9-12,25,37H,3-4,7-8,13-15H2,1-2H3,(H,38,39). The smallest absolute Gasteiger partial charge is 0.418 e. The minimum absolute atomic E-state index is 0.0869. The van der Waals surface area contributed by atoms with E-state index in [9.17, 15) is 27.2 Å². The highest BCUT2D eigenvalue weighted by Gasteiger charge is 2.46. The molecule has 3 aromatic rings. The zero-order valence-corrected chi connectivity index (χ0v) is 25.3. The number of hydrogen-bond acceptors (Lipinski definition) is 7. The molecule has 0 aliphatic carbocycles. The number of carbonyl (C=O) groups excluding carboxylic acids is 2. The number of nitrogens with one attached hydrogen (secondary N) is 2. The molecule has 2 heterocycles. The molecule has 1 aromatic heterocycles.